The highest BCUT2D eigenvalue weighted by Gasteiger charge is 2.24. The number of hydrogen-bond donors (Lipinski definition) is 1. The number of benzene rings is 1. The van der Waals surface area contributed by atoms with Gasteiger partial charge in [0.05, 0.1) is 6.54 Å². The molecule has 162 valence electrons. The highest BCUT2D eigenvalue weighted by Crippen LogP contribution is 2.29. The van der Waals surface area contributed by atoms with Crippen molar-refractivity contribution in [1.29, 1.82) is 0 Å². The van der Waals surface area contributed by atoms with Crippen molar-refractivity contribution >= 4 is 5.91 Å². The smallest absolute Gasteiger partial charge is 0.287 e. The lowest BCUT2D eigenvalue weighted by Crippen LogP contribution is -2.33. The summed E-state index contributed by atoms with van der Waals surface area (Å²) in [4.78, 5) is 17.3. The van der Waals surface area contributed by atoms with E-state index < -0.39 is 0 Å². The maximum absolute atomic E-state index is 12.5. The highest BCUT2D eigenvalue weighted by atomic mass is 16.4. The fourth-order valence-electron chi connectivity index (χ4n) is 4.77. The van der Waals surface area contributed by atoms with Gasteiger partial charge in [-0.2, -0.15) is 0 Å². The summed E-state index contributed by atoms with van der Waals surface area (Å²) < 4.78 is 5.82. The molecule has 1 amide bonds. The molecule has 1 aromatic carbocycles. The molecule has 4 rings (SSSR count). The Kier molecular flexibility index (Phi) is 6.90. The van der Waals surface area contributed by atoms with Crippen LogP contribution in [0.5, 0.6) is 0 Å². The van der Waals surface area contributed by atoms with Crippen LogP contribution in [0.2, 0.25) is 0 Å². The second kappa shape index (κ2) is 9.80. The van der Waals surface area contributed by atoms with Gasteiger partial charge < -0.3 is 14.6 Å². The molecule has 5 nitrogen and oxygen atoms in total. The van der Waals surface area contributed by atoms with Crippen molar-refractivity contribution in [3.63, 3.8) is 0 Å². The van der Waals surface area contributed by atoms with Gasteiger partial charge in [-0.3, -0.25) is 9.69 Å². The Labute approximate surface area is 180 Å². The molecule has 0 aliphatic carbocycles. The molecule has 1 unspecified atom stereocenters. The number of nitrogens with one attached hydrogen (secondary N) is 1. The van der Waals surface area contributed by atoms with Gasteiger partial charge in [0.15, 0.2) is 5.76 Å². The normalized spacial score (nSPS) is 21.2. The van der Waals surface area contributed by atoms with Gasteiger partial charge >= 0.3 is 0 Å². The number of carbonyl (C=O) groups is 1. The zero-order chi connectivity index (χ0) is 20.9. The van der Waals surface area contributed by atoms with Gasteiger partial charge in [-0.15, -0.1) is 0 Å². The highest BCUT2D eigenvalue weighted by molar-refractivity contribution is 5.91. The number of furan rings is 1. The minimum atomic E-state index is -0.108. The molecular weight excluding hydrogens is 374 g/mol. The van der Waals surface area contributed by atoms with E-state index in [0.29, 0.717) is 18.2 Å². The topological polar surface area (TPSA) is 48.7 Å². The Morgan fingerprint density at radius 1 is 1.07 bits per heavy atom. The predicted octanol–water partition coefficient (Wildman–Crippen LogP) is 4.04. The lowest BCUT2D eigenvalue weighted by Gasteiger charge is -2.29. The minimum absolute atomic E-state index is 0.108. The summed E-state index contributed by atoms with van der Waals surface area (Å²) in [6, 6.07) is 12.4. The van der Waals surface area contributed by atoms with Crippen LogP contribution >= 0.6 is 0 Å². The predicted molar refractivity (Wildman–Crippen MR) is 120 cm³/mol. The number of piperidine rings is 1. The summed E-state index contributed by atoms with van der Waals surface area (Å²) >= 11 is 0. The van der Waals surface area contributed by atoms with Crippen LogP contribution in [-0.2, 0) is 6.54 Å². The van der Waals surface area contributed by atoms with Crippen molar-refractivity contribution in [1.82, 2.24) is 15.1 Å². The molecule has 0 spiro atoms. The molecule has 2 saturated heterocycles. The summed E-state index contributed by atoms with van der Waals surface area (Å²) in [5, 5.41) is 3.03. The number of amides is 1. The maximum atomic E-state index is 12.5. The molecule has 1 aromatic heterocycles. The summed E-state index contributed by atoms with van der Waals surface area (Å²) in [5.41, 5.74) is 2.85. The Hall–Kier alpha value is -2.11. The van der Waals surface area contributed by atoms with E-state index in [1.807, 2.05) is 6.07 Å². The molecule has 2 aliphatic heterocycles. The quantitative estimate of drug-likeness (QED) is 0.750. The third-order valence-electron chi connectivity index (χ3n) is 6.76. The largest absolute Gasteiger partial charge is 0.455 e. The molecule has 0 bridgehead atoms. The van der Waals surface area contributed by atoms with Gasteiger partial charge in [-0.1, -0.05) is 31.2 Å². The van der Waals surface area contributed by atoms with Crippen LogP contribution in [0.1, 0.15) is 59.5 Å². The van der Waals surface area contributed by atoms with Crippen LogP contribution in [0.25, 0.3) is 0 Å². The number of aryl methyl sites for hydroxylation is 1. The van der Waals surface area contributed by atoms with Crippen molar-refractivity contribution in [2.45, 2.75) is 45.6 Å². The first-order valence-corrected chi connectivity index (χ1v) is 11.5. The van der Waals surface area contributed by atoms with Crippen molar-refractivity contribution in [3.8, 4) is 0 Å². The van der Waals surface area contributed by atoms with Gasteiger partial charge in [0.1, 0.15) is 5.76 Å². The molecule has 2 aromatic rings. The van der Waals surface area contributed by atoms with Gasteiger partial charge in [0.2, 0.25) is 0 Å². The van der Waals surface area contributed by atoms with Crippen LogP contribution < -0.4 is 5.32 Å². The molecule has 5 heteroatoms. The van der Waals surface area contributed by atoms with E-state index in [4.69, 9.17) is 4.42 Å². The summed E-state index contributed by atoms with van der Waals surface area (Å²) in [5.74, 6) is 2.63. The minimum Gasteiger partial charge on any atom is -0.455 e. The monoisotopic (exact) mass is 409 g/mol. The summed E-state index contributed by atoms with van der Waals surface area (Å²) in [6.45, 7) is 11.2. The molecule has 1 N–H and O–H groups in total. The van der Waals surface area contributed by atoms with Gasteiger partial charge in [0, 0.05) is 19.6 Å². The zero-order valence-electron chi connectivity index (χ0n) is 18.4. The second-order valence-electron chi connectivity index (χ2n) is 9.12. The Bertz CT molecular complexity index is 838. The number of hydrogen-bond acceptors (Lipinski definition) is 4. The first kappa shape index (κ1) is 21.1. The van der Waals surface area contributed by atoms with Gasteiger partial charge in [0.25, 0.3) is 5.91 Å². The van der Waals surface area contributed by atoms with E-state index in [9.17, 15) is 4.79 Å². The van der Waals surface area contributed by atoms with Crippen LogP contribution in [-0.4, -0.2) is 55.0 Å². The first-order chi connectivity index (χ1) is 14.6. The average Bonchev–Trinajstić information content (AvgIpc) is 3.40. The van der Waals surface area contributed by atoms with E-state index in [1.165, 1.54) is 30.4 Å². The standard InChI is InChI=1S/C25H35N3O2/c1-19-9-13-27(14-10-19)18-22-7-8-24(30-22)25(29)26-12-16-28-15-11-21(17-28)23-6-4-3-5-20(23)2/h3-8,19,21H,9-18H2,1-2H3,(H,26,29). The van der Waals surface area contributed by atoms with Crippen LogP contribution in [0.3, 0.4) is 0 Å². The lowest BCUT2D eigenvalue weighted by molar-refractivity contribution is 0.0916. The van der Waals surface area contributed by atoms with Crippen molar-refractivity contribution < 1.29 is 9.21 Å². The van der Waals surface area contributed by atoms with E-state index in [2.05, 4.69) is 53.2 Å². The Balaban J connectivity index is 1.19. The van der Waals surface area contributed by atoms with Crippen LogP contribution in [0.15, 0.2) is 40.8 Å². The summed E-state index contributed by atoms with van der Waals surface area (Å²) in [7, 11) is 0. The van der Waals surface area contributed by atoms with Gasteiger partial charge in [-0.25, -0.2) is 0 Å². The van der Waals surface area contributed by atoms with E-state index >= 15 is 0 Å². The first-order valence-electron chi connectivity index (χ1n) is 11.5. The molecule has 1 atom stereocenters. The number of likely N-dealkylation sites (tertiary alicyclic amines) is 2. The summed E-state index contributed by atoms with van der Waals surface area (Å²) in [6.07, 6.45) is 3.68. The number of carbonyl (C=O) groups excluding carboxylic acids is 1. The fourth-order valence-corrected chi connectivity index (χ4v) is 4.77. The van der Waals surface area contributed by atoms with Crippen molar-refractivity contribution in [2.75, 3.05) is 39.3 Å². The molecule has 3 heterocycles. The lowest BCUT2D eigenvalue weighted by atomic mass is 9.94. The third kappa shape index (κ3) is 5.32. The Morgan fingerprint density at radius 2 is 1.83 bits per heavy atom. The molecule has 0 saturated carbocycles. The molecule has 0 radical (unpaired) electrons. The van der Waals surface area contributed by atoms with Crippen molar-refractivity contribution in [2.24, 2.45) is 5.92 Å². The van der Waals surface area contributed by atoms with E-state index in [1.54, 1.807) is 6.07 Å². The fraction of sp³-hybridized carbons (Fsp3) is 0.560. The second-order valence-corrected chi connectivity index (χ2v) is 9.12. The van der Waals surface area contributed by atoms with Crippen LogP contribution in [0, 0.1) is 12.8 Å². The molecular formula is C25H35N3O2. The zero-order valence-corrected chi connectivity index (χ0v) is 18.4. The molecule has 2 fully saturated rings. The molecule has 2 aliphatic rings. The number of nitrogens with zero attached hydrogens (tertiary/aromatic N) is 2. The van der Waals surface area contributed by atoms with Crippen LogP contribution in [0.4, 0.5) is 0 Å². The van der Waals surface area contributed by atoms with E-state index in [0.717, 1.165) is 50.9 Å². The maximum Gasteiger partial charge on any atom is 0.287 e. The Morgan fingerprint density at radius 3 is 2.63 bits per heavy atom. The van der Waals surface area contributed by atoms with Crippen molar-refractivity contribution in [3.05, 3.63) is 59.0 Å². The SMILES string of the molecule is Cc1ccccc1C1CCN(CCNC(=O)c2ccc(CN3CCC(C)CC3)o2)C1. The average molecular weight is 410 g/mol. The van der Waals surface area contributed by atoms with Gasteiger partial charge in [-0.05, 0) is 80.9 Å². The molecule has 30 heavy (non-hydrogen) atoms. The van der Waals surface area contributed by atoms with E-state index in [-0.39, 0.29) is 5.91 Å². The number of rotatable bonds is 7. The third-order valence-corrected chi connectivity index (χ3v) is 6.76.